The minimum Gasteiger partial charge on any atom is -0.451 e. The van der Waals surface area contributed by atoms with Crippen LogP contribution in [0.2, 0.25) is 0 Å². The van der Waals surface area contributed by atoms with Gasteiger partial charge in [0.15, 0.2) is 6.10 Å². The number of Topliss-reactive ketones (excluding diaryl/α,β-unsaturated/α-hetero) is 1. The van der Waals surface area contributed by atoms with Crippen molar-refractivity contribution < 1.29 is 27.1 Å². The summed E-state index contributed by atoms with van der Waals surface area (Å²) >= 11 is 0. The van der Waals surface area contributed by atoms with Crippen molar-refractivity contribution in [1.29, 1.82) is 0 Å². The Hall–Kier alpha value is -2.58. The van der Waals surface area contributed by atoms with Crippen LogP contribution in [0.5, 0.6) is 0 Å². The topological polar surface area (TPSA) is 104 Å². The Bertz CT molecular complexity index is 923. The van der Waals surface area contributed by atoms with Crippen molar-refractivity contribution in [3.63, 3.8) is 0 Å². The number of rotatable bonds is 5. The number of esters is 1. The quantitative estimate of drug-likeness (QED) is 0.646. The summed E-state index contributed by atoms with van der Waals surface area (Å²) in [6.45, 7) is 3.21. The molecule has 0 saturated heterocycles. The second-order valence-corrected chi connectivity index (χ2v) is 7.03. The van der Waals surface area contributed by atoms with E-state index in [-0.39, 0.29) is 0 Å². The van der Waals surface area contributed by atoms with E-state index in [0.717, 1.165) is 23.8 Å². The summed E-state index contributed by atoms with van der Waals surface area (Å²) < 4.78 is 41.4. The van der Waals surface area contributed by atoms with Crippen LogP contribution in [-0.2, 0) is 14.8 Å². The minimum absolute atomic E-state index is 0.338. The van der Waals surface area contributed by atoms with Crippen LogP contribution in [0.15, 0.2) is 47.4 Å². The molecule has 1 atom stereocenters. The third-order valence-electron chi connectivity index (χ3n) is 3.48. The van der Waals surface area contributed by atoms with E-state index in [1.807, 2.05) is 6.92 Å². The van der Waals surface area contributed by atoms with Gasteiger partial charge in [-0.25, -0.2) is 22.7 Å². The van der Waals surface area contributed by atoms with E-state index >= 15 is 0 Å². The lowest BCUT2D eigenvalue weighted by Gasteiger charge is -2.13. The minimum atomic E-state index is -4.11. The van der Waals surface area contributed by atoms with Gasteiger partial charge in [0.25, 0.3) is 0 Å². The zero-order valence-corrected chi connectivity index (χ0v) is 14.3. The lowest BCUT2D eigenvalue weighted by atomic mass is 10.1. The highest BCUT2D eigenvalue weighted by molar-refractivity contribution is 7.89. The van der Waals surface area contributed by atoms with Crippen molar-refractivity contribution in [2.75, 3.05) is 0 Å². The highest BCUT2D eigenvalue weighted by Gasteiger charge is 2.23. The third-order valence-corrected chi connectivity index (χ3v) is 4.39. The zero-order chi connectivity index (χ0) is 18.8. The SMILES string of the molecule is Cc1ccc(C(=O)[C@H](C)OC(=O)c2cc(S(N)(=O)=O)ccc2F)cc1. The zero-order valence-electron chi connectivity index (χ0n) is 13.5. The van der Waals surface area contributed by atoms with E-state index in [0.29, 0.717) is 5.56 Å². The summed E-state index contributed by atoms with van der Waals surface area (Å²) in [6.07, 6.45) is -1.17. The lowest BCUT2D eigenvalue weighted by Crippen LogP contribution is -2.25. The summed E-state index contributed by atoms with van der Waals surface area (Å²) in [5, 5.41) is 4.96. The van der Waals surface area contributed by atoms with Crippen molar-refractivity contribution in [1.82, 2.24) is 0 Å². The molecular formula is C17H16FNO5S. The van der Waals surface area contributed by atoms with E-state index < -0.39 is 44.2 Å². The average molecular weight is 365 g/mol. The maximum atomic E-state index is 13.8. The van der Waals surface area contributed by atoms with Crippen LogP contribution >= 0.6 is 0 Å². The van der Waals surface area contributed by atoms with Crippen LogP contribution in [0.1, 0.15) is 33.2 Å². The first kappa shape index (κ1) is 18.8. The Morgan fingerprint density at radius 1 is 1.12 bits per heavy atom. The first-order chi connectivity index (χ1) is 11.6. The number of ketones is 1. The van der Waals surface area contributed by atoms with Gasteiger partial charge in [0.1, 0.15) is 5.82 Å². The molecule has 0 unspecified atom stereocenters. The Balaban J connectivity index is 2.21. The molecule has 2 N–H and O–H groups in total. The van der Waals surface area contributed by atoms with Crippen LogP contribution in [0.25, 0.3) is 0 Å². The number of benzene rings is 2. The van der Waals surface area contributed by atoms with Gasteiger partial charge in [-0.3, -0.25) is 4.79 Å². The molecule has 0 radical (unpaired) electrons. The van der Waals surface area contributed by atoms with E-state index in [2.05, 4.69) is 0 Å². The molecule has 0 amide bonds. The van der Waals surface area contributed by atoms with Crippen LogP contribution in [-0.4, -0.2) is 26.3 Å². The third kappa shape index (κ3) is 4.49. The molecule has 0 aliphatic rings. The van der Waals surface area contributed by atoms with Crippen molar-refractivity contribution in [3.05, 3.63) is 65.0 Å². The largest absolute Gasteiger partial charge is 0.451 e. The normalized spacial score (nSPS) is 12.5. The van der Waals surface area contributed by atoms with Crippen molar-refractivity contribution >= 4 is 21.8 Å². The maximum absolute atomic E-state index is 13.8. The van der Waals surface area contributed by atoms with Crippen molar-refractivity contribution in [2.45, 2.75) is 24.8 Å². The van der Waals surface area contributed by atoms with E-state index in [4.69, 9.17) is 9.88 Å². The summed E-state index contributed by atoms with van der Waals surface area (Å²) in [5.74, 6) is -2.60. The van der Waals surface area contributed by atoms with Gasteiger partial charge in [-0.2, -0.15) is 0 Å². The second-order valence-electron chi connectivity index (χ2n) is 5.46. The van der Waals surface area contributed by atoms with Gasteiger partial charge in [0, 0.05) is 5.56 Å². The summed E-state index contributed by atoms with van der Waals surface area (Å²) in [5.41, 5.74) is 0.683. The molecule has 0 aromatic heterocycles. The second kappa shape index (κ2) is 7.12. The number of sulfonamides is 1. The fourth-order valence-corrected chi connectivity index (χ4v) is 2.61. The molecule has 0 fully saturated rings. The van der Waals surface area contributed by atoms with Crippen molar-refractivity contribution in [2.24, 2.45) is 5.14 Å². The van der Waals surface area contributed by atoms with E-state index in [1.54, 1.807) is 24.3 Å². The fourth-order valence-electron chi connectivity index (χ4n) is 2.07. The predicted molar refractivity (Wildman–Crippen MR) is 88.2 cm³/mol. The predicted octanol–water partition coefficient (Wildman–Crippen LogP) is 2.21. The Morgan fingerprint density at radius 2 is 1.72 bits per heavy atom. The Morgan fingerprint density at radius 3 is 2.28 bits per heavy atom. The van der Waals surface area contributed by atoms with E-state index in [9.17, 15) is 22.4 Å². The number of hydrogen-bond donors (Lipinski definition) is 1. The standard InChI is InChI=1S/C17H16FNO5S/c1-10-3-5-12(6-4-10)16(20)11(2)24-17(21)14-9-13(25(19,22)23)7-8-15(14)18/h3-9,11H,1-2H3,(H2,19,22,23)/t11-/m0/s1. The molecule has 2 aromatic carbocycles. The Kier molecular flexibility index (Phi) is 5.34. The van der Waals surface area contributed by atoms with Gasteiger partial charge < -0.3 is 4.74 Å². The van der Waals surface area contributed by atoms with E-state index in [1.165, 1.54) is 6.92 Å². The van der Waals surface area contributed by atoms with Crippen molar-refractivity contribution in [3.8, 4) is 0 Å². The van der Waals surface area contributed by atoms with Crippen LogP contribution in [0, 0.1) is 12.7 Å². The number of hydrogen-bond acceptors (Lipinski definition) is 5. The van der Waals surface area contributed by atoms with Crippen LogP contribution in [0.4, 0.5) is 4.39 Å². The molecular weight excluding hydrogens is 349 g/mol. The molecule has 132 valence electrons. The monoisotopic (exact) mass is 365 g/mol. The molecule has 0 heterocycles. The molecule has 0 aliphatic heterocycles. The lowest BCUT2D eigenvalue weighted by molar-refractivity contribution is 0.0314. The van der Waals surface area contributed by atoms with Gasteiger partial charge >= 0.3 is 5.97 Å². The highest BCUT2D eigenvalue weighted by Crippen LogP contribution is 2.17. The van der Waals surface area contributed by atoms with Gasteiger partial charge in [0.2, 0.25) is 15.8 Å². The van der Waals surface area contributed by atoms with Gasteiger partial charge in [-0.05, 0) is 32.0 Å². The summed E-state index contributed by atoms with van der Waals surface area (Å²) in [4.78, 5) is 23.9. The maximum Gasteiger partial charge on any atom is 0.341 e. The number of primary sulfonamides is 1. The number of nitrogens with two attached hydrogens (primary N) is 1. The van der Waals surface area contributed by atoms with Gasteiger partial charge in [-0.1, -0.05) is 29.8 Å². The molecule has 0 aliphatic carbocycles. The summed E-state index contributed by atoms with van der Waals surface area (Å²) in [7, 11) is -4.11. The van der Waals surface area contributed by atoms with Crippen LogP contribution in [0.3, 0.4) is 0 Å². The average Bonchev–Trinajstić information content (AvgIpc) is 2.54. The molecule has 2 aromatic rings. The molecule has 25 heavy (non-hydrogen) atoms. The first-order valence-corrected chi connectivity index (χ1v) is 8.78. The number of carbonyl (C=O) groups is 2. The molecule has 0 saturated carbocycles. The first-order valence-electron chi connectivity index (χ1n) is 7.24. The summed E-state index contributed by atoms with van der Waals surface area (Å²) in [6, 6.07) is 9.14. The molecule has 0 bridgehead atoms. The molecule has 2 rings (SSSR count). The van der Waals surface area contributed by atoms with Gasteiger partial charge in [0.05, 0.1) is 10.5 Å². The molecule has 0 spiro atoms. The molecule has 8 heteroatoms. The number of aryl methyl sites for hydroxylation is 1. The molecule has 6 nitrogen and oxygen atoms in total. The smallest absolute Gasteiger partial charge is 0.341 e. The fraction of sp³-hybridized carbons (Fsp3) is 0.176. The van der Waals surface area contributed by atoms with Crippen LogP contribution < -0.4 is 5.14 Å². The number of halogens is 1. The van der Waals surface area contributed by atoms with Gasteiger partial charge in [-0.15, -0.1) is 0 Å². The number of ether oxygens (including phenoxy) is 1. The highest BCUT2D eigenvalue weighted by atomic mass is 32.2. The number of carbonyl (C=O) groups excluding carboxylic acids is 2. The Labute approximate surface area is 144 Å².